The molecule has 0 unspecified atom stereocenters. The number of rotatable bonds is 8. The van der Waals surface area contributed by atoms with Gasteiger partial charge in [-0.05, 0) is 93.6 Å². The lowest BCUT2D eigenvalue weighted by atomic mass is 9.57. The second kappa shape index (κ2) is 11.8. The van der Waals surface area contributed by atoms with Gasteiger partial charge in [0.2, 0.25) is 0 Å². The van der Waals surface area contributed by atoms with Gasteiger partial charge in [0.05, 0.1) is 5.60 Å². The summed E-state index contributed by atoms with van der Waals surface area (Å²) >= 11 is 0. The van der Waals surface area contributed by atoms with Crippen LogP contribution in [0.4, 0.5) is 0 Å². The molecule has 0 bridgehead atoms. The molecule has 1 fully saturated rings. The van der Waals surface area contributed by atoms with E-state index in [1.807, 2.05) is 0 Å². The zero-order valence-electron chi connectivity index (χ0n) is 23.2. The maximum Gasteiger partial charge on any atom is 0.303 e. The molecular formula is C31H48N2O3. The van der Waals surface area contributed by atoms with Crippen LogP contribution in [0.5, 0.6) is 0 Å². The van der Waals surface area contributed by atoms with Crippen LogP contribution in [0, 0.1) is 23.7 Å². The van der Waals surface area contributed by atoms with E-state index in [0.29, 0.717) is 18.3 Å². The van der Waals surface area contributed by atoms with Crippen molar-refractivity contribution >= 4 is 5.97 Å². The lowest BCUT2D eigenvalue weighted by molar-refractivity contribution is -0.159. The molecule has 5 heteroatoms. The summed E-state index contributed by atoms with van der Waals surface area (Å²) in [6, 6.07) is 8.92. The Kier molecular flexibility index (Phi) is 8.96. The third-order valence-electron chi connectivity index (χ3n) is 9.45. The van der Waals surface area contributed by atoms with Crippen LogP contribution in [0.1, 0.15) is 64.5 Å². The number of hydrogen-bond acceptors (Lipinski definition) is 5. The molecule has 1 saturated carbocycles. The van der Waals surface area contributed by atoms with E-state index in [4.69, 9.17) is 4.74 Å². The summed E-state index contributed by atoms with van der Waals surface area (Å²) in [7, 11) is 2.26. The van der Waals surface area contributed by atoms with Gasteiger partial charge < -0.3 is 19.6 Å². The van der Waals surface area contributed by atoms with Crippen molar-refractivity contribution in [1.82, 2.24) is 9.80 Å². The minimum absolute atomic E-state index is 0.134. The Balaban J connectivity index is 1.29. The average Bonchev–Trinajstić information content (AvgIpc) is 3.03. The van der Waals surface area contributed by atoms with E-state index in [-0.39, 0.29) is 23.9 Å². The summed E-state index contributed by atoms with van der Waals surface area (Å²) in [6.07, 6.45) is 8.18. The summed E-state index contributed by atoms with van der Waals surface area (Å²) in [5.41, 5.74) is 3.36. The van der Waals surface area contributed by atoms with Gasteiger partial charge in [-0.15, -0.1) is 0 Å². The van der Waals surface area contributed by atoms with Crippen LogP contribution in [0.3, 0.4) is 0 Å². The standard InChI is InChI=1S/C31H48N2O3/c1-22-19-29-28(12-11-24(3)31(29,35)20-30(22)36-25(4)34)23(2)21-32(5)15-8-16-33-17-13-26-9-6-7-10-27(26)14-18-33/h6-7,9-10,19,23-24,28-30,35H,8,11-18,20-21H2,1-5H3/t23-,24-,28+,29-,30-,31-/m1/s1. The van der Waals surface area contributed by atoms with Crippen LogP contribution in [0.2, 0.25) is 0 Å². The van der Waals surface area contributed by atoms with Crippen LogP contribution >= 0.6 is 0 Å². The molecule has 1 heterocycles. The third-order valence-corrected chi connectivity index (χ3v) is 9.45. The van der Waals surface area contributed by atoms with Gasteiger partial charge in [0.1, 0.15) is 6.10 Å². The Morgan fingerprint density at radius 2 is 1.89 bits per heavy atom. The highest BCUT2D eigenvalue weighted by atomic mass is 16.5. The van der Waals surface area contributed by atoms with Gasteiger partial charge in [0, 0.05) is 38.9 Å². The summed E-state index contributed by atoms with van der Waals surface area (Å²) in [5, 5.41) is 11.8. The number of fused-ring (bicyclic) bond motifs is 2. The van der Waals surface area contributed by atoms with E-state index < -0.39 is 5.60 Å². The van der Waals surface area contributed by atoms with E-state index in [0.717, 1.165) is 51.1 Å². The van der Waals surface area contributed by atoms with Crippen molar-refractivity contribution in [2.75, 3.05) is 39.8 Å². The second-order valence-corrected chi connectivity index (χ2v) is 12.1. The van der Waals surface area contributed by atoms with Gasteiger partial charge in [0.25, 0.3) is 0 Å². The van der Waals surface area contributed by atoms with Crippen molar-refractivity contribution < 1.29 is 14.6 Å². The topological polar surface area (TPSA) is 53.0 Å². The third kappa shape index (κ3) is 6.23. The monoisotopic (exact) mass is 496 g/mol. The summed E-state index contributed by atoms with van der Waals surface area (Å²) in [5.74, 6) is 1.03. The maximum absolute atomic E-state index is 11.8. The number of nitrogens with zero attached hydrogens (tertiary/aromatic N) is 2. The number of carbonyl (C=O) groups excluding carboxylic acids is 1. The first-order chi connectivity index (χ1) is 17.2. The van der Waals surface area contributed by atoms with Gasteiger partial charge in [-0.3, -0.25) is 4.79 Å². The average molecular weight is 497 g/mol. The van der Waals surface area contributed by atoms with Crippen molar-refractivity contribution in [2.24, 2.45) is 23.7 Å². The fraction of sp³-hybridized carbons (Fsp3) is 0.710. The van der Waals surface area contributed by atoms with Crippen molar-refractivity contribution in [3.63, 3.8) is 0 Å². The minimum atomic E-state index is -0.792. The summed E-state index contributed by atoms with van der Waals surface area (Å²) in [4.78, 5) is 16.7. The highest BCUT2D eigenvalue weighted by Crippen LogP contribution is 2.51. The molecule has 36 heavy (non-hydrogen) atoms. The molecule has 0 saturated heterocycles. The van der Waals surface area contributed by atoms with Crippen LogP contribution in [0.25, 0.3) is 0 Å². The molecule has 1 N–H and O–H groups in total. The molecule has 5 nitrogen and oxygen atoms in total. The van der Waals surface area contributed by atoms with Crippen molar-refractivity contribution in [3.05, 3.63) is 47.0 Å². The minimum Gasteiger partial charge on any atom is -0.458 e. The van der Waals surface area contributed by atoms with Crippen LogP contribution in [0.15, 0.2) is 35.9 Å². The molecule has 1 aliphatic heterocycles. The molecule has 0 radical (unpaired) electrons. The largest absolute Gasteiger partial charge is 0.458 e. The number of benzene rings is 1. The molecule has 1 aromatic carbocycles. The highest BCUT2D eigenvalue weighted by Gasteiger charge is 2.52. The molecule has 0 aromatic heterocycles. The SMILES string of the molecule is CC(=O)O[C@@H]1C[C@@]2(O)[C@H](C)CC[C@@H]([C@H](C)CN(C)CCCN3CCc4ccccc4CC3)[C@H]2C=C1C. The zero-order valence-corrected chi connectivity index (χ0v) is 23.2. The molecule has 6 atom stereocenters. The van der Waals surface area contributed by atoms with Crippen LogP contribution in [-0.4, -0.2) is 72.4 Å². The highest BCUT2D eigenvalue weighted by molar-refractivity contribution is 5.66. The fourth-order valence-electron chi connectivity index (χ4n) is 7.22. The van der Waals surface area contributed by atoms with Gasteiger partial charge in [-0.1, -0.05) is 44.2 Å². The Labute approximate surface area is 218 Å². The Morgan fingerprint density at radius 3 is 2.53 bits per heavy atom. The lowest BCUT2D eigenvalue weighted by Gasteiger charge is -2.53. The van der Waals surface area contributed by atoms with Crippen LogP contribution in [-0.2, 0) is 22.4 Å². The Hall–Kier alpha value is -1.69. The fourth-order valence-corrected chi connectivity index (χ4v) is 7.22. The quantitative estimate of drug-likeness (QED) is 0.417. The molecule has 3 aliphatic rings. The smallest absolute Gasteiger partial charge is 0.303 e. The molecule has 0 amide bonds. The van der Waals surface area contributed by atoms with Gasteiger partial charge >= 0.3 is 5.97 Å². The Morgan fingerprint density at radius 1 is 1.22 bits per heavy atom. The molecule has 200 valence electrons. The summed E-state index contributed by atoms with van der Waals surface area (Å²) in [6.45, 7) is 13.7. The van der Waals surface area contributed by atoms with Crippen molar-refractivity contribution in [1.29, 1.82) is 0 Å². The summed E-state index contributed by atoms with van der Waals surface area (Å²) < 4.78 is 5.57. The van der Waals surface area contributed by atoms with E-state index in [1.54, 1.807) is 0 Å². The number of carbonyl (C=O) groups is 1. The maximum atomic E-state index is 11.8. The van der Waals surface area contributed by atoms with Crippen molar-refractivity contribution in [3.8, 4) is 0 Å². The van der Waals surface area contributed by atoms with E-state index >= 15 is 0 Å². The first kappa shape index (κ1) is 27.3. The van der Waals surface area contributed by atoms with Gasteiger partial charge in [-0.2, -0.15) is 0 Å². The zero-order chi connectivity index (χ0) is 25.9. The van der Waals surface area contributed by atoms with Gasteiger partial charge in [0.15, 0.2) is 0 Å². The number of aliphatic hydroxyl groups is 1. The Bertz CT molecular complexity index is 903. The van der Waals surface area contributed by atoms with E-state index in [2.05, 4.69) is 68.0 Å². The predicted molar refractivity (Wildman–Crippen MR) is 146 cm³/mol. The first-order valence-electron chi connectivity index (χ1n) is 14.2. The van der Waals surface area contributed by atoms with E-state index in [1.165, 1.54) is 37.3 Å². The predicted octanol–water partition coefficient (Wildman–Crippen LogP) is 4.72. The number of esters is 1. The molecule has 2 aliphatic carbocycles. The molecule has 1 aromatic rings. The molecule has 4 rings (SSSR count). The lowest BCUT2D eigenvalue weighted by Crippen LogP contribution is -2.56. The van der Waals surface area contributed by atoms with Crippen molar-refractivity contribution in [2.45, 2.75) is 77.9 Å². The van der Waals surface area contributed by atoms with Crippen LogP contribution < -0.4 is 0 Å². The molecule has 0 spiro atoms. The second-order valence-electron chi connectivity index (χ2n) is 12.1. The number of hydrogen-bond donors (Lipinski definition) is 1. The number of ether oxygens (including phenoxy) is 1. The molecular weight excluding hydrogens is 448 g/mol. The first-order valence-corrected chi connectivity index (χ1v) is 14.2. The van der Waals surface area contributed by atoms with Gasteiger partial charge in [-0.25, -0.2) is 0 Å². The normalized spacial score (nSPS) is 31.7. The van der Waals surface area contributed by atoms with E-state index in [9.17, 15) is 9.90 Å².